The predicted octanol–water partition coefficient (Wildman–Crippen LogP) is -2.32. The van der Waals surface area contributed by atoms with E-state index in [4.69, 9.17) is 5.11 Å². The molecule has 0 aliphatic carbocycles. The quantitative estimate of drug-likeness (QED) is 0.456. The number of sulfone groups is 1. The fraction of sp³-hybridized carbons (Fsp3) is 0.400. The molecule has 1 aromatic rings. The number of aromatic amines is 2. The minimum Gasteiger partial charge on any atom is -0.480 e. The zero-order valence-corrected chi connectivity index (χ0v) is 11.7. The number of nitrogens with one attached hydrogen (secondary N) is 3. The first-order chi connectivity index (χ1) is 9.60. The maximum Gasteiger partial charge on any atom is 0.326 e. The van der Waals surface area contributed by atoms with Crippen molar-refractivity contribution in [3.8, 4) is 0 Å². The molecule has 0 saturated carbocycles. The van der Waals surface area contributed by atoms with Crippen molar-refractivity contribution in [3.63, 3.8) is 0 Å². The molecule has 0 saturated heterocycles. The fourth-order valence-corrected chi connectivity index (χ4v) is 2.07. The molecular weight excluding hydrogens is 306 g/mol. The second kappa shape index (κ2) is 6.35. The summed E-state index contributed by atoms with van der Waals surface area (Å²) >= 11 is 0. The third-order valence-corrected chi connectivity index (χ3v) is 3.42. The first-order valence-electron chi connectivity index (χ1n) is 5.63. The van der Waals surface area contributed by atoms with Crippen molar-refractivity contribution in [2.45, 2.75) is 12.5 Å². The highest BCUT2D eigenvalue weighted by Gasteiger charge is 2.23. The number of aliphatic carboxylic acids is 1. The van der Waals surface area contributed by atoms with Crippen LogP contribution in [0.1, 0.15) is 16.8 Å². The number of carbonyl (C=O) groups excluding carboxylic acids is 1. The van der Waals surface area contributed by atoms with Gasteiger partial charge in [0, 0.05) is 12.5 Å². The molecule has 1 rings (SSSR count). The average Bonchev–Trinajstić information content (AvgIpc) is 2.32. The highest BCUT2D eigenvalue weighted by atomic mass is 32.2. The van der Waals surface area contributed by atoms with Crippen LogP contribution in [0.3, 0.4) is 0 Å². The number of carbonyl (C=O) groups is 2. The van der Waals surface area contributed by atoms with Gasteiger partial charge in [-0.15, -0.1) is 0 Å². The molecule has 1 aromatic heterocycles. The number of aromatic nitrogens is 2. The van der Waals surface area contributed by atoms with Crippen LogP contribution in [0, 0.1) is 0 Å². The number of amides is 1. The van der Waals surface area contributed by atoms with E-state index in [9.17, 15) is 27.6 Å². The Bertz CT molecular complexity index is 761. The smallest absolute Gasteiger partial charge is 0.326 e. The minimum atomic E-state index is -3.40. The van der Waals surface area contributed by atoms with Gasteiger partial charge in [0.25, 0.3) is 11.5 Å². The lowest BCUT2D eigenvalue weighted by atomic mass is 10.2. The number of hydrogen-bond acceptors (Lipinski definition) is 6. The minimum absolute atomic E-state index is 0.346. The Morgan fingerprint density at radius 2 is 2.00 bits per heavy atom. The highest BCUT2D eigenvalue weighted by molar-refractivity contribution is 7.90. The lowest BCUT2D eigenvalue weighted by Crippen LogP contribution is -2.44. The molecule has 0 spiro atoms. The monoisotopic (exact) mass is 319 g/mol. The largest absolute Gasteiger partial charge is 0.480 e. The maximum absolute atomic E-state index is 11.8. The number of carboxylic acid groups (broad SMARTS) is 1. The van der Waals surface area contributed by atoms with Crippen LogP contribution in [-0.2, 0) is 14.6 Å². The molecule has 21 heavy (non-hydrogen) atoms. The van der Waals surface area contributed by atoms with E-state index in [2.05, 4.69) is 4.98 Å². The summed E-state index contributed by atoms with van der Waals surface area (Å²) < 4.78 is 22.0. The van der Waals surface area contributed by atoms with Crippen LogP contribution >= 0.6 is 0 Å². The average molecular weight is 319 g/mol. The maximum atomic E-state index is 11.8. The Morgan fingerprint density at radius 3 is 2.48 bits per heavy atom. The van der Waals surface area contributed by atoms with E-state index in [1.165, 1.54) is 0 Å². The van der Waals surface area contributed by atoms with Crippen molar-refractivity contribution in [1.29, 1.82) is 0 Å². The summed E-state index contributed by atoms with van der Waals surface area (Å²) in [5.74, 6) is -2.91. The summed E-state index contributed by atoms with van der Waals surface area (Å²) in [6, 6.07) is -1.47. The third-order valence-electron chi connectivity index (χ3n) is 2.44. The van der Waals surface area contributed by atoms with Crippen LogP contribution in [0.25, 0.3) is 0 Å². The van der Waals surface area contributed by atoms with Crippen molar-refractivity contribution < 1.29 is 23.1 Å². The topological polar surface area (TPSA) is 166 Å². The van der Waals surface area contributed by atoms with Gasteiger partial charge < -0.3 is 15.4 Å². The molecule has 4 N–H and O–H groups in total. The molecule has 11 heteroatoms. The van der Waals surface area contributed by atoms with Gasteiger partial charge in [-0.2, -0.15) is 0 Å². The fourth-order valence-electron chi connectivity index (χ4n) is 1.40. The van der Waals surface area contributed by atoms with Gasteiger partial charge in [0.2, 0.25) is 0 Å². The Balaban J connectivity index is 2.89. The summed E-state index contributed by atoms with van der Waals surface area (Å²) in [6.07, 6.45) is 1.42. The molecule has 0 fully saturated rings. The molecule has 0 bridgehead atoms. The second-order valence-electron chi connectivity index (χ2n) is 4.27. The Hall–Kier alpha value is -2.43. The van der Waals surface area contributed by atoms with Crippen molar-refractivity contribution in [3.05, 3.63) is 32.6 Å². The zero-order chi connectivity index (χ0) is 16.2. The van der Waals surface area contributed by atoms with Gasteiger partial charge in [0.05, 0.1) is 5.75 Å². The lowest BCUT2D eigenvalue weighted by molar-refractivity contribution is -0.139. The van der Waals surface area contributed by atoms with Gasteiger partial charge in [-0.3, -0.25) is 14.6 Å². The highest BCUT2D eigenvalue weighted by Crippen LogP contribution is 1.99. The van der Waals surface area contributed by atoms with Crippen LogP contribution in [0.5, 0.6) is 0 Å². The molecule has 1 unspecified atom stereocenters. The SMILES string of the molecule is CS(=O)(=O)CCC(NC(=O)c1c[nH]c(=O)[nH]c1=O)C(=O)O. The van der Waals surface area contributed by atoms with Crippen molar-refractivity contribution >= 4 is 21.7 Å². The molecule has 0 aliphatic rings. The zero-order valence-electron chi connectivity index (χ0n) is 10.9. The molecule has 1 atom stereocenters. The van der Waals surface area contributed by atoms with E-state index in [-0.39, 0.29) is 6.42 Å². The van der Waals surface area contributed by atoms with Crippen molar-refractivity contribution in [2.24, 2.45) is 0 Å². The van der Waals surface area contributed by atoms with Gasteiger partial charge in [-0.25, -0.2) is 18.0 Å². The first kappa shape index (κ1) is 16.6. The van der Waals surface area contributed by atoms with Crippen LogP contribution < -0.4 is 16.6 Å². The van der Waals surface area contributed by atoms with E-state index in [0.717, 1.165) is 12.5 Å². The number of rotatable bonds is 6. The third kappa shape index (κ3) is 5.22. The molecule has 1 heterocycles. The van der Waals surface area contributed by atoms with Crippen molar-refractivity contribution in [2.75, 3.05) is 12.0 Å². The van der Waals surface area contributed by atoms with Crippen LogP contribution in [0.15, 0.2) is 15.8 Å². The van der Waals surface area contributed by atoms with E-state index >= 15 is 0 Å². The lowest BCUT2D eigenvalue weighted by Gasteiger charge is -2.13. The summed E-state index contributed by atoms with van der Waals surface area (Å²) in [5, 5.41) is 10.9. The van der Waals surface area contributed by atoms with Crippen LogP contribution in [0.4, 0.5) is 0 Å². The second-order valence-corrected chi connectivity index (χ2v) is 6.53. The van der Waals surface area contributed by atoms with E-state index in [1.807, 2.05) is 10.3 Å². The Kier molecular flexibility index (Phi) is 5.02. The summed E-state index contributed by atoms with van der Waals surface area (Å²) in [6.45, 7) is 0. The summed E-state index contributed by atoms with van der Waals surface area (Å²) in [4.78, 5) is 48.8. The normalized spacial score (nSPS) is 12.6. The number of carboxylic acids is 1. The van der Waals surface area contributed by atoms with Crippen LogP contribution in [-0.4, -0.2) is 53.4 Å². The van der Waals surface area contributed by atoms with Gasteiger partial charge in [0.1, 0.15) is 21.4 Å². The molecule has 1 amide bonds. The van der Waals surface area contributed by atoms with E-state index in [1.54, 1.807) is 0 Å². The number of hydrogen-bond donors (Lipinski definition) is 4. The predicted molar refractivity (Wildman–Crippen MR) is 70.9 cm³/mol. The Morgan fingerprint density at radius 1 is 1.38 bits per heavy atom. The van der Waals surface area contributed by atoms with Crippen LogP contribution in [0.2, 0.25) is 0 Å². The molecule has 116 valence electrons. The number of H-pyrrole nitrogens is 2. The summed E-state index contributed by atoms with van der Waals surface area (Å²) in [5.41, 5.74) is -2.29. The van der Waals surface area contributed by atoms with Gasteiger partial charge in [-0.05, 0) is 6.42 Å². The van der Waals surface area contributed by atoms with Gasteiger partial charge in [-0.1, -0.05) is 0 Å². The standard InChI is InChI=1S/C10H13N3O7S/c1-21(19,20)3-2-6(9(16)17)12-7(14)5-4-11-10(18)13-8(5)15/h4,6H,2-3H2,1H3,(H,12,14)(H,16,17)(H2,11,13,15,18). The summed E-state index contributed by atoms with van der Waals surface area (Å²) in [7, 11) is -3.40. The first-order valence-corrected chi connectivity index (χ1v) is 7.69. The van der Waals surface area contributed by atoms with E-state index < -0.39 is 50.3 Å². The molecule has 0 radical (unpaired) electrons. The van der Waals surface area contributed by atoms with Crippen molar-refractivity contribution in [1.82, 2.24) is 15.3 Å². The molecular formula is C10H13N3O7S. The Labute approximate surface area is 118 Å². The molecule has 0 aromatic carbocycles. The van der Waals surface area contributed by atoms with Gasteiger partial charge in [0.15, 0.2) is 0 Å². The van der Waals surface area contributed by atoms with E-state index in [0.29, 0.717) is 0 Å². The van der Waals surface area contributed by atoms with Gasteiger partial charge >= 0.3 is 11.7 Å². The molecule has 10 nitrogen and oxygen atoms in total. The molecule has 0 aliphatic heterocycles.